The minimum Gasteiger partial charge on any atom is -0.339 e. The number of hydrogen-bond acceptors (Lipinski definition) is 6. The molecule has 1 aliphatic rings. The smallest absolute Gasteiger partial charge is 0.233 e. The third kappa shape index (κ3) is 3.16. The molecule has 0 radical (unpaired) electrons. The molecule has 0 spiro atoms. The average molecular weight is 258 g/mol. The summed E-state index contributed by atoms with van der Waals surface area (Å²) in [6.07, 6.45) is 0. The molecule has 0 N–H and O–H groups in total. The summed E-state index contributed by atoms with van der Waals surface area (Å²) >= 11 is 2.94. The van der Waals surface area contributed by atoms with Crippen molar-refractivity contribution in [3.63, 3.8) is 0 Å². The van der Waals surface area contributed by atoms with Gasteiger partial charge in [0.15, 0.2) is 4.34 Å². The molecule has 7 heteroatoms. The largest absolute Gasteiger partial charge is 0.339 e. The Morgan fingerprint density at radius 3 is 2.88 bits per heavy atom. The van der Waals surface area contributed by atoms with E-state index in [0.29, 0.717) is 5.75 Å². The Labute approximate surface area is 103 Å². The van der Waals surface area contributed by atoms with Crippen LogP contribution in [0.4, 0.5) is 0 Å². The minimum absolute atomic E-state index is 0.202. The lowest BCUT2D eigenvalue weighted by atomic mass is 10.3. The van der Waals surface area contributed by atoms with Gasteiger partial charge in [0, 0.05) is 26.2 Å². The summed E-state index contributed by atoms with van der Waals surface area (Å²) in [6.45, 7) is 3.61. The fourth-order valence-electron chi connectivity index (χ4n) is 1.50. The third-order valence-corrected chi connectivity index (χ3v) is 4.36. The highest BCUT2D eigenvalue weighted by Crippen LogP contribution is 2.19. The highest BCUT2D eigenvalue weighted by Gasteiger charge is 2.19. The number of rotatable bonds is 3. The maximum Gasteiger partial charge on any atom is 0.233 e. The lowest BCUT2D eigenvalue weighted by molar-refractivity contribution is -0.129. The van der Waals surface area contributed by atoms with Crippen LogP contribution in [0.25, 0.3) is 0 Å². The van der Waals surface area contributed by atoms with Crippen LogP contribution in [-0.4, -0.2) is 64.9 Å². The highest BCUT2D eigenvalue weighted by atomic mass is 32.2. The lowest BCUT2D eigenvalue weighted by Crippen LogP contribution is -2.47. The zero-order valence-electron chi connectivity index (χ0n) is 9.13. The molecule has 88 valence electrons. The summed E-state index contributed by atoms with van der Waals surface area (Å²) in [5.41, 5.74) is 1.68. The van der Waals surface area contributed by atoms with E-state index in [1.807, 2.05) is 4.90 Å². The van der Waals surface area contributed by atoms with Crippen LogP contribution in [0.3, 0.4) is 0 Å². The van der Waals surface area contributed by atoms with Gasteiger partial charge in [-0.3, -0.25) is 4.79 Å². The van der Waals surface area contributed by atoms with Crippen LogP contribution < -0.4 is 0 Å². The van der Waals surface area contributed by atoms with E-state index in [0.717, 1.165) is 30.5 Å². The fraction of sp³-hybridized carbons (Fsp3) is 0.667. The van der Waals surface area contributed by atoms with Gasteiger partial charge in [-0.25, -0.2) is 0 Å². The molecule has 16 heavy (non-hydrogen) atoms. The first-order valence-corrected chi connectivity index (χ1v) is 6.97. The van der Waals surface area contributed by atoms with Gasteiger partial charge >= 0.3 is 0 Å². The Morgan fingerprint density at radius 2 is 2.25 bits per heavy atom. The van der Waals surface area contributed by atoms with Gasteiger partial charge in [0.05, 0.1) is 5.75 Å². The molecule has 5 nitrogen and oxygen atoms in total. The van der Waals surface area contributed by atoms with E-state index in [1.165, 1.54) is 23.1 Å². The molecule has 0 unspecified atom stereocenters. The number of amides is 1. The molecule has 0 saturated carbocycles. The second-order valence-corrected chi connectivity index (χ2v) is 5.73. The summed E-state index contributed by atoms with van der Waals surface area (Å²) in [6, 6.07) is 0. The molecule has 2 rings (SSSR count). The van der Waals surface area contributed by atoms with Crippen molar-refractivity contribution in [2.45, 2.75) is 4.34 Å². The van der Waals surface area contributed by atoms with E-state index in [-0.39, 0.29) is 5.91 Å². The van der Waals surface area contributed by atoms with Crippen LogP contribution in [0.1, 0.15) is 0 Å². The number of thioether (sulfide) groups is 1. The van der Waals surface area contributed by atoms with Gasteiger partial charge in [0.2, 0.25) is 5.91 Å². The Hall–Kier alpha value is -0.660. The quantitative estimate of drug-likeness (QED) is 0.735. The van der Waals surface area contributed by atoms with E-state index in [2.05, 4.69) is 22.1 Å². The predicted octanol–water partition coefficient (Wildman–Crippen LogP) is 0.404. The maximum absolute atomic E-state index is 11.8. The van der Waals surface area contributed by atoms with Crippen molar-refractivity contribution in [2.75, 3.05) is 39.0 Å². The first-order valence-electron chi connectivity index (χ1n) is 5.11. The Bertz CT molecular complexity index is 335. The number of likely N-dealkylation sites (N-methyl/N-ethyl adjacent to an activating group) is 1. The van der Waals surface area contributed by atoms with Crippen molar-refractivity contribution < 1.29 is 4.79 Å². The van der Waals surface area contributed by atoms with Gasteiger partial charge in [-0.05, 0) is 7.05 Å². The Morgan fingerprint density at radius 1 is 1.50 bits per heavy atom. The molecule has 0 atom stereocenters. The molecule has 1 amide bonds. The fourth-order valence-corrected chi connectivity index (χ4v) is 2.89. The average Bonchev–Trinajstić information content (AvgIpc) is 2.80. The van der Waals surface area contributed by atoms with Gasteiger partial charge in [-0.2, -0.15) is 0 Å². The summed E-state index contributed by atoms with van der Waals surface area (Å²) in [7, 11) is 2.08. The van der Waals surface area contributed by atoms with Crippen LogP contribution in [0.2, 0.25) is 0 Å². The molecular formula is C9H14N4OS2. The molecule has 1 aliphatic heterocycles. The van der Waals surface area contributed by atoms with Crippen molar-refractivity contribution in [1.82, 2.24) is 20.0 Å². The predicted molar refractivity (Wildman–Crippen MR) is 64.7 cm³/mol. The summed E-state index contributed by atoms with van der Waals surface area (Å²) in [5, 5.41) is 7.64. The second kappa shape index (κ2) is 5.60. The maximum atomic E-state index is 11.8. The molecule has 1 aromatic heterocycles. The van der Waals surface area contributed by atoms with Crippen LogP contribution >= 0.6 is 23.1 Å². The second-order valence-electron chi connectivity index (χ2n) is 3.68. The molecule has 1 aromatic rings. The van der Waals surface area contributed by atoms with E-state index >= 15 is 0 Å². The first-order chi connectivity index (χ1) is 7.75. The number of hydrogen-bond donors (Lipinski definition) is 0. The van der Waals surface area contributed by atoms with Crippen LogP contribution in [-0.2, 0) is 4.79 Å². The van der Waals surface area contributed by atoms with Gasteiger partial charge in [0.1, 0.15) is 5.51 Å². The lowest BCUT2D eigenvalue weighted by Gasteiger charge is -2.32. The number of piperazine rings is 1. The number of carbonyl (C=O) groups is 1. The van der Waals surface area contributed by atoms with Gasteiger partial charge in [-0.1, -0.05) is 23.1 Å². The minimum atomic E-state index is 0.202. The molecule has 0 bridgehead atoms. The van der Waals surface area contributed by atoms with E-state index in [4.69, 9.17) is 0 Å². The van der Waals surface area contributed by atoms with Crippen molar-refractivity contribution in [1.29, 1.82) is 0 Å². The molecule has 0 aliphatic carbocycles. The molecule has 1 fully saturated rings. The van der Waals surface area contributed by atoms with Crippen LogP contribution in [0, 0.1) is 0 Å². The van der Waals surface area contributed by atoms with Crippen molar-refractivity contribution in [3.05, 3.63) is 5.51 Å². The molecule has 1 saturated heterocycles. The Kier molecular flexibility index (Phi) is 4.14. The number of carbonyl (C=O) groups excluding carboxylic acids is 1. The van der Waals surface area contributed by atoms with Gasteiger partial charge < -0.3 is 9.80 Å². The number of aromatic nitrogens is 2. The first kappa shape index (κ1) is 11.8. The zero-order chi connectivity index (χ0) is 11.4. The molecular weight excluding hydrogens is 244 g/mol. The standard InChI is InChI=1S/C9H14N4OS2/c1-12-2-4-13(5-3-12)8(14)6-15-9-11-10-7-16-9/h7H,2-6H2,1H3. The summed E-state index contributed by atoms with van der Waals surface area (Å²) in [5.74, 6) is 0.673. The van der Waals surface area contributed by atoms with E-state index < -0.39 is 0 Å². The Balaban J connectivity index is 1.75. The van der Waals surface area contributed by atoms with Crippen molar-refractivity contribution >= 4 is 29.0 Å². The van der Waals surface area contributed by atoms with Gasteiger partial charge in [-0.15, -0.1) is 10.2 Å². The zero-order valence-corrected chi connectivity index (χ0v) is 10.8. The van der Waals surface area contributed by atoms with Gasteiger partial charge in [0.25, 0.3) is 0 Å². The van der Waals surface area contributed by atoms with E-state index in [1.54, 1.807) is 5.51 Å². The van der Waals surface area contributed by atoms with Crippen LogP contribution in [0.15, 0.2) is 9.85 Å². The SMILES string of the molecule is CN1CCN(C(=O)CSc2nncs2)CC1. The topological polar surface area (TPSA) is 49.3 Å². The van der Waals surface area contributed by atoms with Crippen molar-refractivity contribution in [2.24, 2.45) is 0 Å². The third-order valence-electron chi connectivity index (χ3n) is 2.52. The molecule has 2 heterocycles. The van der Waals surface area contributed by atoms with Crippen molar-refractivity contribution in [3.8, 4) is 0 Å². The highest BCUT2D eigenvalue weighted by molar-refractivity contribution is 8.01. The molecule has 0 aromatic carbocycles. The normalized spacial score (nSPS) is 17.7. The summed E-state index contributed by atoms with van der Waals surface area (Å²) in [4.78, 5) is 16.0. The van der Waals surface area contributed by atoms with E-state index in [9.17, 15) is 4.79 Å². The summed E-state index contributed by atoms with van der Waals surface area (Å²) < 4.78 is 0.863. The van der Waals surface area contributed by atoms with Crippen LogP contribution in [0.5, 0.6) is 0 Å². The monoisotopic (exact) mass is 258 g/mol. The number of nitrogens with zero attached hydrogens (tertiary/aromatic N) is 4.